The Labute approximate surface area is 153 Å². The van der Waals surface area contributed by atoms with Crippen molar-refractivity contribution in [2.45, 2.75) is 6.61 Å². The fourth-order valence-electron chi connectivity index (χ4n) is 3.13. The van der Waals surface area contributed by atoms with Crippen molar-refractivity contribution in [2.24, 2.45) is 0 Å². The van der Waals surface area contributed by atoms with Crippen molar-refractivity contribution >= 4 is 17.4 Å². The first-order valence-corrected chi connectivity index (χ1v) is 8.18. The van der Waals surface area contributed by atoms with Gasteiger partial charge in [-0.1, -0.05) is 42.5 Å². The number of fused-ring (bicyclic) bond motifs is 3. The molecule has 1 amide bonds. The number of alkyl halides is 2. The van der Waals surface area contributed by atoms with Gasteiger partial charge in [0.15, 0.2) is 5.78 Å². The summed E-state index contributed by atoms with van der Waals surface area (Å²) in [7, 11) is 0. The SMILES string of the molecule is O=C(Nc1ccccc1OC(F)F)c1ccc2c(c1)C(=O)c1ccccc1-2. The number of hydrogen-bond donors (Lipinski definition) is 1. The van der Waals surface area contributed by atoms with Gasteiger partial charge in [-0.2, -0.15) is 8.78 Å². The third-order valence-corrected chi connectivity index (χ3v) is 4.34. The summed E-state index contributed by atoms with van der Waals surface area (Å²) in [6, 6.07) is 18.0. The van der Waals surface area contributed by atoms with Crippen molar-refractivity contribution in [3.05, 3.63) is 83.4 Å². The third kappa shape index (κ3) is 3.06. The highest BCUT2D eigenvalue weighted by atomic mass is 19.3. The summed E-state index contributed by atoms with van der Waals surface area (Å²) >= 11 is 0. The summed E-state index contributed by atoms with van der Waals surface area (Å²) < 4.78 is 29.4. The Balaban J connectivity index is 1.63. The van der Waals surface area contributed by atoms with E-state index < -0.39 is 12.5 Å². The van der Waals surface area contributed by atoms with Gasteiger partial charge in [0.2, 0.25) is 0 Å². The van der Waals surface area contributed by atoms with Gasteiger partial charge in [0.1, 0.15) is 5.75 Å². The Morgan fingerprint density at radius 1 is 0.852 bits per heavy atom. The van der Waals surface area contributed by atoms with Crippen molar-refractivity contribution in [1.29, 1.82) is 0 Å². The molecule has 4 rings (SSSR count). The van der Waals surface area contributed by atoms with Gasteiger partial charge in [-0.15, -0.1) is 0 Å². The third-order valence-electron chi connectivity index (χ3n) is 4.34. The molecule has 1 N–H and O–H groups in total. The molecule has 0 radical (unpaired) electrons. The summed E-state index contributed by atoms with van der Waals surface area (Å²) in [5, 5.41) is 2.55. The number of ketones is 1. The summed E-state index contributed by atoms with van der Waals surface area (Å²) in [6.45, 7) is -3.00. The van der Waals surface area contributed by atoms with E-state index >= 15 is 0 Å². The zero-order valence-electron chi connectivity index (χ0n) is 13.9. The van der Waals surface area contributed by atoms with Crippen LogP contribution in [0.5, 0.6) is 5.75 Å². The molecule has 0 unspecified atom stereocenters. The number of amides is 1. The lowest BCUT2D eigenvalue weighted by Gasteiger charge is -2.12. The largest absolute Gasteiger partial charge is 0.433 e. The predicted octanol–water partition coefficient (Wildman–Crippen LogP) is 4.75. The standard InChI is InChI=1S/C21H13F2NO3/c22-21(23)27-18-8-4-3-7-17(18)24-20(26)12-9-10-14-13-5-1-2-6-15(13)19(25)16(14)11-12/h1-11,21H,(H,24,26). The number of nitrogens with one attached hydrogen (secondary N) is 1. The monoisotopic (exact) mass is 365 g/mol. The van der Waals surface area contributed by atoms with E-state index in [1.165, 1.54) is 24.3 Å². The Kier molecular flexibility index (Phi) is 4.16. The molecule has 0 aromatic heterocycles. The lowest BCUT2D eigenvalue weighted by Crippen LogP contribution is -2.14. The highest BCUT2D eigenvalue weighted by Gasteiger charge is 2.27. The second kappa shape index (κ2) is 6.64. The fourth-order valence-corrected chi connectivity index (χ4v) is 3.13. The maximum atomic E-state index is 12.6. The first-order valence-electron chi connectivity index (χ1n) is 8.18. The van der Waals surface area contributed by atoms with Gasteiger partial charge < -0.3 is 10.1 Å². The predicted molar refractivity (Wildman–Crippen MR) is 96.3 cm³/mol. The zero-order valence-corrected chi connectivity index (χ0v) is 13.9. The van der Waals surface area contributed by atoms with Crippen LogP contribution < -0.4 is 10.1 Å². The average molecular weight is 365 g/mol. The summed E-state index contributed by atoms with van der Waals surface area (Å²) in [5.74, 6) is -0.797. The number of anilines is 1. The Morgan fingerprint density at radius 2 is 1.52 bits per heavy atom. The summed E-state index contributed by atoms with van der Waals surface area (Å²) in [5.41, 5.74) is 3.02. The van der Waals surface area contributed by atoms with E-state index in [0.717, 1.165) is 11.1 Å². The second-order valence-electron chi connectivity index (χ2n) is 5.96. The van der Waals surface area contributed by atoms with Crippen molar-refractivity contribution < 1.29 is 23.1 Å². The topological polar surface area (TPSA) is 55.4 Å². The molecule has 0 heterocycles. The van der Waals surface area contributed by atoms with E-state index in [1.54, 1.807) is 30.3 Å². The number of para-hydroxylation sites is 2. The van der Waals surface area contributed by atoms with Crippen LogP contribution >= 0.6 is 0 Å². The molecule has 0 atom stereocenters. The number of carbonyl (C=O) groups is 2. The molecule has 134 valence electrons. The Hall–Kier alpha value is -3.54. The Bertz CT molecular complexity index is 1060. The maximum absolute atomic E-state index is 12.6. The molecule has 0 saturated carbocycles. The highest BCUT2D eigenvalue weighted by Crippen LogP contribution is 2.37. The van der Waals surface area contributed by atoms with Crippen LogP contribution in [-0.2, 0) is 0 Å². The van der Waals surface area contributed by atoms with Gasteiger partial charge in [0.25, 0.3) is 5.91 Å². The second-order valence-corrected chi connectivity index (χ2v) is 5.96. The van der Waals surface area contributed by atoms with E-state index in [2.05, 4.69) is 10.1 Å². The van der Waals surface area contributed by atoms with Crippen LogP contribution in [0, 0.1) is 0 Å². The smallest absolute Gasteiger partial charge is 0.387 e. The molecule has 0 aliphatic heterocycles. The van der Waals surface area contributed by atoms with Crippen LogP contribution in [0.15, 0.2) is 66.7 Å². The van der Waals surface area contributed by atoms with Gasteiger partial charge in [0.05, 0.1) is 5.69 Å². The molecule has 3 aromatic rings. The van der Waals surface area contributed by atoms with Crippen LogP contribution in [0.25, 0.3) is 11.1 Å². The first kappa shape index (κ1) is 16.9. The number of rotatable bonds is 4. The molecule has 0 fully saturated rings. The van der Waals surface area contributed by atoms with Crippen molar-refractivity contribution in [2.75, 3.05) is 5.32 Å². The van der Waals surface area contributed by atoms with E-state index in [0.29, 0.717) is 11.1 Å². The molecule has 1 aliphatic carbocycles. The minimum Gasteiger partial charge on any atom is -0.433 e. The van der Waals surface area contributed by atoms with Crippen LogP contribution in [0.2, 0.25) is 0 Å². The molecule has 0 bridgehead atoms. The van der Waals surface area contributed by atoms with Crippen LogP contribution in [-0.4, -0.2) is 18.3 Å². The number of hydrogen-bond acceptors (Lipinski definition) is 3. The highest BCUT2D eigenvalue weighted by molar-refractivity contribution is 6.22. The molecule has 27 heavy (non-hydrogen) atoms. The molecular weight excluding hydrogens is 352 g/mol. The van der Waals surface area contributed by atoms with Gasteiger partial charge >= 0.3 is 6.61 Å². The number of ether oxygens (including phenoxy) is 1. The fraction of sp³-hybridized carbons (Fsp3) is 0.0476. The van der Waals surface area contributed by atoms with E-state index in [1.807, 2.05) is 12.1 Å². The minimum atomic E-state index is -3.00. The summed E-state index contributed by atoms with van der Waals surface area (Å²) in [6.07, 6.45) is 0. The van der Waals surface area contributed by atoms with Crippen LogP contribution in [0.3, 0.4) is 0 Å². The average Bonchev–Trinajstić information content (AvgIpc) is 2.95. The van der Waals surface area contributed by atoms with Gasteiger partial charge in [-0.05, 0) is 35.4 Å². The lowest BCUT2D eigenvalue weighted by molar-refractivity contribution is -0.0493. The molecule has 3 aromatic carbocycles. The Morgan fingerprint density at radius 3 is 2.30 bits per heavy atom. The van der Waals surface area contributed by atoms with Gasteiger partial charge in [-0.3, -0.25) is 9.59 Å². The van der Waals surface area contributed by atoms with Crippen molar-refractivity contribution in [1.82, 2.24) is 0 Å². The van der Waals surface area contributed by atoms with E-state index in [4.69, 9.17) is 0 Å². The van der Waals surface area contributed by atoms with Gasteiger partial charge in [-0.25, -0.2) is 0 Å². The molecule has 4 nitrogen and oxygen atoms in total. The maximum Gasteiger partial charge on any atom is 0.387 e. The number of benzene rings is 3. The van der Waals surface area contributed by atoms with E-state index in [-0.39, 0.29) is 22.8 Å². The van der Waals surface area contributed by atoms with Crippen molar-refractivity contribution in [3.63, 3.8) is 0 Å². The minimum absolute atomic E-state index is 0.123. The first-order chi connectivity index (χ1) is 13.0. The lowest BCUT2D eigenvalue weighted by atomic mass is 10.0. The van der Waals surface area contributed by atoms with Crippen LogP contribution in [0.4, 0.5) is 14.5 Å². The quantitative estimate of drug-likeness (QED) is 0.568. The van der Waals surface area contributed by atoms with E-state index in [9.17, 15) is 18.4 Å². The number of halogens is 2. The van der Waals surface area contributed by atoms with Gasteiger partial charge in [0, 0.05) is 16.7 Å². The molecule has 0 saturated heterocycles. The molecular formula is C21H13F2NO3. The summed E-state index contributed by atoms with van der Waals surface area (Å²) in [4.78, 5) is 25.1. The molecule has 0 spiro atoms. The van der Waals surface area contributed by atoms with Crippen molar-refractivity contribution in [3.8, 4) is 16.9 Å². The number of carbonyl (C=O) groups excluding carboxylic acids is 2. The van der Waals surface area contributed by atoms with Crippen LogP contribution in [0.1, 0.15) is 26.3 Å². The zero-order chi connectivity index (χ0) is 19.0. The molecule has 1 aliphatic rings. The molecule has 6 heteroatoms. The normalized spacial score (nSPS) is 11.9.